The Bertz CT molecular complexity index is 454. The minimum Gasteiger partial charge on any atom is -0.482 e. The van der Waals surface area contributed by atoms with Crippen LogP contribution in [0.3, 0.4) is 0 Å². The number of methoxy groups -OCH3 is 1. The van der Waals surface area contributed by atoms with Crippen molar-refractivity contribution in [2.45, 2.75) is 0 Å². The smallest absolute Gasteiger partial charge is 0.343 e. The Balaban J connectivity index is 1.83. The van der Waals surface area contributed by atoms with E-state index in [9.17, 15) is 9.59 Å². The summed E-state index contributed by atoms with van der Waals surface area (Å²) in [6.45, 7) is 1.33. The predicted octanol–water partition coefficient (Wildman–Crippen LogP) is 0.396. The lowest BCUT2D eigenvalue weighted by molar-refractivity contribution is -0.142. The Hall–Kier alpha value is -2.08. The summed E-state index contributed by atoms with van der Waals surface area (Å²) in [5.41, 5.74) is 0.710. The van der Waals surface area contributed by atoms with Crippen molar-refractivity contribution in [3.05, 3.63) is 24.3 Å². The number of carbonyl (C=O) groups is 2. The second kappa shape index (κ2) is 6.19. The molecule has 6 heteroatoms. The number of hydrogen-bond acceptors (Lipinski definition) is 5. The largest absolute Gasteiger partial charge is 0.482 e. The van der Waals surface area contributed by atoms with E-state index in [2.05, 4.69) is 15.4 Å². The minimum absolute atomic E-state index is 0.0157. The van der Waals surface area contributed by atoms with E-state index >= 15 is 0 Å². The molecule has 1 amide bonds. The Morgan fingerprint density at radius 3 is 2.53 bits per heavy atom. The molecule has 0 aliphatic carbocycles. The van der Waals surface area contributed by atoms with Crippen LogP contribution in [-0.2, 0) is 14.3 Å². The maximum Gasteiger partial charge on any atom is 0.343 e. The second-order valence-electron chi connectivity index (χ2n) is 4.23. The van der Waals surface area contributed by atoms with Crippen molar-refractivity contribution in [3.63, 3.8) is 0 Å². The zero-order chi connectivity index (χ0) is 13.7. The molecule has 1 aromatic rings. The second-order valence-corrected chi connectivity index (χ2v) is 4.23. The number of carbonyl (C=O) groups excluding carboxylic acids is 2. The molecule has 19 heavy (non-hydrogen) atoms. The van der Waals surface area contributed by atoms with Gasteiger partial charge in [0, 0.05) is 18.8 Å². The van der Waals surface area contributed by atoms with Gasteiger partial charge in [-0.25, -0.2) is 4.79 Å². The molecule has 1 heterocycles. The van der Waals surface area contributed by atoms with Crippen LogP contribution in [0.5, 0.6) is 5.75 Å². The molecule has 0 unspecified atom stereocenters. The Kier molecular flexibility index (Phi) is 4.35. The molecule has 0 bridgehead atoms. The zero-order valence-corrected chi connectivity index (χ0v) is 10.6. The summed E-state index contributed by atoms with van der Waals surface area (Å²) in [7, 11) is 1.31. The fourth-order valence-electron chi connectivity index (χ4n) is 1.55. The van der Waals surface area contributed by atoms with Crippen LogP contribution in [0.15, 0.2) is 24.3 Å². The number of benzene rings is 1. The average Bonchev–Trinajstić information content (AvgIpc) is 2.35. The lowest BCUT2D eigenvalue weighted by Crippen LogP contribution is -2.48. The van der Waals surface area contributed by atoms with Crippen LogP contribution in [0.1, 0.15) is 0 Å². The third kappa shape index (κ3) is 3.69. The van der Waals surface area contributed by atoms with Crippen LogP contribution in [0.4, 0.5) is 5.69 Å². The molecule has 1 aromatic carbocycles. The van der Waals surface area contributed by atoms with Gasteiger partial charge in [0.25, 0.3) is 0 Å². The van der Waals surface area contributed by atoms with Gasteiger partial charge >= 0.3 is 5.97 Å². The first-order valence-electron chi connectivity index (χ1n) is 6.00. The van der Waals surface area contributed by atoms with Crippen LogP contribution in [-0.4, -0.2) is 38.7 Å². The van der Waals surface area contributed by atoms with Crippen molar-refractivity contribution in [2.75, 3.05) is 32.1 Å². The standard InChI is InChI=1S/C13H16N2O4/c1-18-12(16)8-19-11-4-2-10(3-5-11)15-13(17)9-6-14-7-9/h2-5,9,14H,6-8H2,1H3,(H,15,17). The molecular formula is C13H16N2O4. The van der Waals surface area contributed by atoms with Gasteiger partial charge in [0.2, 0.25) is 5.91 Å². The van der Waals surface area contributed by atoms with Gasteiger partial charge in [-0.3, -0.25) is 4.79 Å². The summed E-state index contributed by atoms with van der Waals surface area (Å²) < 4.78 is 9.67. The van der Waals surface area contributed by atoms with Crippen molar-refractivity contribution in [3.8, 4) is 5.75 Å². The van der Waals surface area contributed by atoms with E-state index in [0.29, 0.717) is 11.4 Å². The summed E-state index contributed by atoms with van der Waals surface area (Å²) in [6.07, 6.45) is 0. The summed E-state index contributed by atoms with van der Waals surface area (Å²) >= 11 is 0. The van der Waals surface area contributed by atoms with Crippen LogP contribution in [0, 0.1) is 5.92 Å². The summed E-state index contributed by atoms with van der Waals surface area (Å²) in [6, 6.07) is 6.85. The fourth-order valence-corrected chi connectivity index (χ4v) is 1.55. The quantitative estimate of drug-likeness (QED) is 0.753. The number of hydrogen-bond donors (Lipinski definition) is 2. The van der Waals surface area contributed by atoms with Crippen LogP contribution in [0.2, 0.25) is 0 Å². The van der Waals surface area contributed by atoms with Gasteiger partial charge in [-0.1, -0.05) is 0 Å². The lowest BCUT2D eigenvalue weighted by atomic mass is 10.0. The molecule has 0 radical (unpaired) electrons. The van der Waals surface area contributed by atoms with E-state index in [0.717, 1.165) is 13.1 Å². The molecule has 1 aliphatic heterocycles. The molecule has 1 aliphatic rings. The SMILES string of the molecule is COC(=O)COc1ccc(NC(=O)C2CNC2)cc1. The Morgan fingerprint density at radius 2 is 2.00 bits per heavy atom. The number of anilines is 1. The van der Waals surface area contributed by atoms with Crippen molar-refractivity contribution in [1.82, 2.24) is 5.32 Å². The summed E-state index contributed by atoms with van der Waals surface area (Å²) in [4.78, 5) is 22.6. The normalized spacial score (nSPS) is 14.4. The molecule has 2 rings (SSSR count). The molecule has 0 aromatic heterocycles. The van der Waals surface area contributed by atoms with Gasteiger partial charge in [-0.15, -0.1) is 0 Å². The molecule has 6 nitrogen and oxygen atoms in total. The van der Waals surface area contributed by atoms with E-state index in [1.807, 2.05) is 0 Å². The first-order valence-corrected chi connectivity index (χ1v) is 6.00. The number of rotatable bonds is 5. The highest BCUT2D eigenvalue weighted by atomic mass is 16.6. The average molecular weight is 264 g/mol. The van der Waals surface area contributed by atoms with Gasteiger partial charge in [0.05, 0.1) is 13.0 Å². The van der Waals surface area contributed by atoms with Gasteiger partial charge in [0.1, 0.15) is 5.75 Å². The summed E-state index contributed by atoms with van der Waals surface area (Å²) in [5, 5.41) is 5.87. The molecule has 102 valence electrons. The number of amides is 1. The minimum atomic E-state index is -0.435. The molecule has 0 atom stereocenters. The van der Waals surface area contributed by atoms with E-state index in [1.165, 1.54) is 7.11 Å². The number of esters is 1. The maximum atomic E-state index is 11.7. The Morgan fingerprint density at radius 1 is 1.32 bits per heavy atom. The van der Waals surface area contributed by atoms with Crippen LogP contribution in [0.25, 0.3) is 0 Å². The first kappa shape index (κ1) is 13.4. The monoisotopic (exact) mass is 264 g/mol. The van der Waals surface area contributed by atoms with Gasteiger partial charge in [-0.05, 0) is 24.3 Å². The van der Waals surface area contributed by atoms with Gasteiger partial charge in [-0.2, -0.15) is 0 Å². The van der Waals surface area contributed by atoms with Crippen LogP contribution < -0.4 is 15.4 Å². The van der Waals surface area contributed by atoms with E-state index in [1.54, 1.807) is 24.3 Å². The number of nitrogens with one attached hydrogen (secondary N) is 2. The van der Waals surface area contributed by atoms with Crippen molar-refractivity contribution < 1.29 is 19.1 Å². The highest BCUT2D eigenvalue weighted by Gasteiger charge is 2.24. The topological polar surface area (TPSA) is 76.7 Å². The third-order valence-corrected chi connectivity index (χ3v) is 2.86. The zero-order valence-electron chi connectivity index (χ0n) is 10.6. The third-order valence-electron chi connectivity index (χ3n) is 2.86. The van der Waals surface area contributed by atoms with Gasteiger partial charge < -0.3 is 20.1 Å². The molecular weight excluding hydrogens is 248 g/mol. The fraction of sp³-hybridized carbons (Fsp3) is 0.385. The number of ether oxygens (including phenoxy) is 2. The lowest BCUT2D eigenvalue weighted by Gasteiger charge is -2.25. The Labute approximate surface area is 111 Å². The maximum absolute atomic E-state index is 11.7. The molecule has 1 fully saturated rings. The molecule has 1 saturated heterocycles. The van der Waals surface area contributed by atoms with Gasteiger partial charge in [0.15, 0.2) is 6.61 Å². The highest BCUT2D eigenvalue weighted by molar-refractivity contribution is 5.93. The first-order chi connectivity index (χ1) is 9.19. The predicted molar refractivity (Wildman–Crippen MR) is 68.9 cm³/mol. The van der Waals surface area contributed by atoms with Crippen LogP contribution >= 0.6 is 0 Å². The summed E-state index contributed by atoms with van der Waals surface area (Å²) in [5.74, 6) is 0.181. The van der Waals surface area contributed by atoms with E-state index in [4.69, 9.17) is 4.74 Å². The van der Waals surface area contributed by atoms with Crippen molar-refractivity contribution >= 4 is 17.6 Å². The van der Waals surface area contributed by atoms with Crippen molar-refractivity contribution in [1.29, 1.82) is 0 Å². The van der Waals surface area contributed by atoms with Crippen molar-refractivity contribution in [2.24, 2.45) is 5.92 Å². The molecule has 0 spiro atoms. The molecule has 0 saturated carbocycles. The van der Waals surface area contributed by atoms with E-state index < -0.39 is 5.97 Å². The molecule has 2 N–H and O–H groups in total. The van der Waals surface area contributed by atoms with E-state index in [-0.39, 0.29) is 18.4 Å². The highest BCUT2D eigenvalue weighted by Crippen LogP contribution is 2.17.